The predicted molar refractivity (Wildman–Crippen MR) is 222 cm³/mol. The first-order chi connectivity index (χ1) is 26.7. The highest BCUT2D eigenvalue weighted by Gasteiger charge is 2.49. The number of aromatic nitrogens is 1. The molecule has 1 saturated heterocycles. The average molecular weight is 704 g/mol. The van der Waals surface area contributed by atoms with Gasteiger partial charge in [0.1, 0.15) is 23.4 Å². The van der Waals surface area contributed by atoms with Gasteiger partial charge in [0.15, 0.2) is 0 Å². The van der Waals surface area contributed by atoms with Crippen molar-refractivity contribution in [2.75, 3.05) is 0 Å². The lowest BCUT2D eigenvalue weighted by Gasteiger charge is -2.48. The normalized spacial score (nSPS) is 26.1. The van der Waals surface area contributed by atoms with Crippen LogP contribution in [0.2, 0.25) is 0 Å². The first-order valence-electron chi connectivity index (χ1n) is 20.2. The third kappa shape index (κ3) is 5.01. The van der Waals surface area contributed by atoms with Crippen molar-refractivity contribution < 1.29 is 9.47 Å². The molecule has 4 aromatic rings. The molecule has 3 heterocycles. The van der Waals surface area contributed by atoms with Gasteiger partial charge in [0, 0.05) is 51.2 Å². The van der Waals surface area contributed by atoms with E-state index in [0.717, 1.165) is 62.2 Å². The van der Waals surface area contributed by atoms with Crippen molar-refractivity contribution in [2.45, 2.75) is 63.9 Å². The Kier molecular flexibility index (Phi) is 7.57. The third-order valence-corrected chi connectivity index (χ3v) is 12.8. The van der Waals surface area contributed by atoms with Crippen LogP contribution in [0.5, 0.6) is 11.5 Å². The highest BCUT2D eigenvalue weighted by molar-refractivity contribution is 5.97. The summed E-state index contributed by atoms with van der Waals surface area (Å²) in [4.78, 5) is 0. The number of nitrogens with zero attached hydrogens (tertiary/aromatic N) is 1. The van der Waals surface area contributed by atoms with E-state index in [-0.39, 0.29) is 23.9 Å². The molecule has 266 valence electrons. The van der Waals surface area contributed by atoms with Crippen LogP contribution in [0.3, 0.4) is 0 Å². The number of hydrogen-bond donors (Lipinski definition) is 0. The van der Waals surface area contributed by atoms with Gasteiger partial charge in [-0.2, -0.15) is 0 Å². The smallest absolute Gasteiger partial charge is 0.131 e. The number of fused-ring (bicyclic) bond motifs is 7. The molecular formula is C51H45NO2. The highest BCUT2D eigenvalue weighted by atomic mass is 16.5. The molecule has 3 aromatic carbocycles. The summed E-state index contributed by atoms with van der Waals surface area (Å²) in [5.41, 5.74) is 14.7. The van der Waals surface area contributed by atoms with E-state index in [2.05, 4.69) is 151 Å². The Balaban J connectivity index is 1.12. The molecule has 0 N–H and O–H groups in total. The summed E-state index contributed by atoms with van der Waals surface area (Å²) < 4.78 is 16.5. The molecule has 5 unspecified atom stereocenters. The monoisotopic (exact) mass is 703 g/mol. The molecule has 2 aliphatic heterocycles. The lowest BCUT2D eigenvalue weighted by atomic mass is 9.61. The molecule has 54 heavy (non-hydrogen) atoms. The van der Waals surface area contributed by atoms with Crippen molar-refractivity contribution in [3.8, 4) is 11.5 Å². The Morgan fingerprint density at radius 3 is 2.59 bits per heavy atom. The van der Waals surface area contributed by atoms with E-state index in [4.69, 9.17) is 9.47 Å². The van der Waals surface area contributed by atoms with E-state index >= 15 is 0 Å². The summed E-state index contributed by atoms with van der Waals surface area (Å²) in [5.74, 6) is 3.79. The van der Waals surface area contributed by atoms with Crippen LogP contribution in [-0.4, -0.2) is 10.7 Å². The molecule has 1 aromatic heterocycles. The van der Waals surface area contributed by atoms with Gasteiger partial charge in [-0.1, -0.05) is 104 Å². The van der Waals surface area contributed by atoms with Crippen LogP contribution in [0.1, 0.15) is 84.9 Å². The summed E-state index contributed by atoms with van der Waals surface area (Å²) in [5, 5.41) is 1.35. The van der Waals surface area contributed by atoms with Crippen LogP contribution in [-0.2, 0) is 11.2 Å². The molecule has 0 radical (unpaired) electrons. The van der Waals surface area contributed by atoms with Gasteiger partial charge in [0.2, 0.25) is 0 Å². The Bertz CT molecular complexity index is 2520. The van der Waals surface area contributed by atoms with E-state index in [1.54, 1.807) is 0 Å². The lowest BCUT2D eigenvalue weighted by molar-refractivity contribution is 0.0691. The van der Waals surface area contributed by atoms with Crippen molar-refractivity contribution in [1.29, 1.82) is 0 Å². The van der Waals surface area contributed by atoms with Gasteiger partial charge in [-0.3, -0.25) is 0 Å². The molecule has 11 rings (SSSR count). The van der Waals surface area contributed by atoms with Crippen LogP contribution in [0, 0.1) is 17.8 Å². The highest BCUT2D eigenvalue weighted by Crippen LogP contribution is 2.59. The molecule has 3 nitrogen and oxygen atoms in total. The van der Waals surface area contributed by atoms with Crippen molar-refractivity contribution >= 4 is 33.8 Å². The van der Waals surface area contributed by atoms with Crippen molar-refractivity contribution in [3.63, 3.8) is 0 Å². The largest absolute Gasteiger partial charge is 0.486 e. The quantitative estimate of drug-likeness (QED) is 0.211. The first kappa shape index (κ1) is 31.9. The van der Waals surface area contributed by atoms with Gasteiger partial charge in [-0.15, -0.1) is 0 Å². The van der Waals surface area contributed by atoms with Crippen LogP contribution in [0.25, 0.3) is 33.8 Å². The summed E-state index contributed by atoms with van der Waals surface area (Å²) in [6, 6.07) is 22.8. The number of allylic oxidation sites excluding steroid dienone is 14. The van der Waals surface area contributed by atoms with Gasteiger partial charge < -0.3 is 14.0 Å². The number of para-hydroxylation sites is 1. The Morgan fingerprint density at radius 1 is 0.759 bits per heavy atom. The molecule has 1 fully saturated rings. The van der Waals surface area contributed by atoms with Gasteiger partial charge in [0.25, 0.3) is 0 Å². The second-order valence-corrected chi connectivity index (χ2v) is 16.0. The minimum absolute atomic E-state index is 0.0681. The van der Waals surface area contributed by atoms with Crippen molar-refractivity contribution in [2.24, 2.45) is 17.8 Å². The SMILES string of the molecule is CC1C=C(c2cccc3c2C(C2C4=CCCC=C4OC4C=CC=C(c5ccc6c(c5)c5c(n6C6=CC=CCC6)CCC=C5)C42)c2ccccc2O3)C=CC1. The average Bonchev–Trinajstić information content (AvgIpc) is 3.55. The second kappa shape index (κ2) is 12.8. The number of hydrogen-bond acceptors (Lipinski definition) is 2. The lowest BCUT2D eigenvalue weighted by Crippen LogP contribution is -2.42. The van der Waals surface area contributed by atoms with Crippen LogP contribution in [0.4, 0.5) is 0 Å². The summed E-state index contributed by atoms with van der Waals surface area (Å²) in [6.07, 6.45) is 37.8. The molecule has 0 saturated carbocycles. The molecule has 0 spiro atoms. The van der Waals surface area contributed by atoms with Crippen molar-refractivity contribution in [3.05, 3.63) is 178 Å². The fraction of sp³-hybridized carbons (Fsp3) is 0.255. The van der Waals surface area contributed by atoms with Gasteiger partial charge in [-0.05, 0) is 121 Å². The van der Waals surface area contributed by atoms with Gasteiger partial charge >= 0.3 is 0 Å². The predicted octanol–water partition coefficient (Wildman–Crippen LogP) is 12.9. The number of benzene rings is 3. The molecule has 7 aliphatic rings. The fourth-order valence-corrected chi connectivity index (χ4v) is 10.5. The van der Waals surface area contributed by atoms with Gasteiger partial charge in [-0.25, -0.2) is 0 Å². The van der Waals surface area contributed by atoms with Crippen molar-refractivity contribution in [1.82, 2.24) is 4.57 Å². The fourth-order valence-electron chi connectivity index (χ4n) is 10.5. The van der Waals surface area contributed by atoms with Gasteiger partial charge in [0.05, 0.1) is 5.52 Å². The standard InChI is InChI=1S/C51H45NO2/c1-32-14-11-15-33(30-32)36-21-12-26-46-48(36)50(39-19-6-9-24-44(39)53-46)51-40-20-7-10-25-45(40)54-47-27-13-22-37(49(47)51)34-28-29-43-41(31-34)38-18-5-8-23-42(38)52(43)35-16-3-2-4-17-35/h2-3,5-6,9,11-13,15-16,18-22,24-32,47,49-51H,4,7-8,10,14,17,23H2,1H3. The zero-order chi connectivity index (χ0) is 35.8. The molecule has 5 atom stereocenters. The molecule has 3 heteroatoms. The molecule has 0 amide bonds. The molecule has 5 aliphatic carbocycles. The molecule has 0 bridgehead atoms. The Morgan fingerprint density at radius 2 is 1.67 bits per heavy atom. The van der Waals surface area contributed by atoms with E-state index in [1.165, 1.54) is 66.8 Å². The Hall–Kier alpha value is -5.54. The zero-order valence-corrected chi connectivity index (χ0v) is 30.9. The maximum Gasteiger partial charge on any atom is 0.131 e. The van der Waals surface area contributed by atoms with E-state index < -0.39 is 0 Å². The topological polar surface area (TPSA) is 23.4 Å². The third-order valence-electron chi connectivity index (χ3n) is 12.8. The zero-order valence-electron chi connectivity index (χ0n) is 30.9. The minimum atomic E-state index is -0.0794. The maximum absolute atomic E-state index is 7.05. The number of ether oxygens (including phenoxy) is 2. The van der Waals surface area contributed by atoms with E-state index in [9.17, 15) is 0 Å². The minimum Gasteiger partial charge on any atom is -0.486 e. The second-order valence-electron chi connectivity index (χ2n) is 16.0. The number of rotatable bonds is 4. The summed E-state index contributed by atoms with van der Waals surface area (Å²) in [7, 11) is 0. The Labute approximate surface area is 318 Å². The first-order valence-corrected chi connectivity index (χ1v) is 20.2. The summed E-state index contributed by atoms with van der Waals surface area (Å²) >= 11 is 0. The van der Waals surface area contributed by atoms with Crippen LogP contribution < -0.4 is 4.74 Å². The van der Waals surface area contributed by atoms with E-state index in [0.29, 0.717) is 5.92 Å². The van der Waals surface area contributed by atoms with E-state index in [1.807, 2.05) is 0 Å². The maximum atomic E-state index is 7.05. The van der Waals surface area contributed by atoms with Crippen LogP contribution in [0.15, 0.2) is 145 Å². The van der Waals surface area contributed by atoms with Crippen LogP contribution >= 0.6 is 0 Å². The summed E-state index contributed by atoms with van der Waals surface area (Å²) in [6.45, 7) is 2.32. The molecular weight excluding hydrogens is 659 g/mol.